The molecular weight excluding hydrogens is 365 g/mol. The topological polar surface area (TPSA) is 62.3 Å². The standard InChI is InChI=1S/C20H24FN3O2S/c1-3-6-18(25)24-10-5-4-7-17(24)19(26)23-20-22-16(12-27-20)14-8-9-15(21)13(2)11-14/h8-9,11-12,17H,3-7,10H2,1-2H3,(H,22,23,26). The Kier molecular flexibility index (Phi) is 6.21. The lowest BCUT2D eigenvalue weighted by Crippen LogP contribution is -2.49. The number of thiazole rings is 1. The Morgan fingerprint density at radius 2 is 2.19 bits per heavy atom. The van der Waals surface area contributed by atoms with Crippen molar-refractivity contribution in [2.24, 2.45) is 0 Å². The average Bonchev–Trinajstić information content (AvgIpc) is 3.12. The maximum absolute atomic E-state index is 13.4. The van der Waals surface area contributed by atoms with Gasteiger partial charge in [-0.05, 0) is 56.4 Å². The van der Waals surface area contributed by atoms with E-state index >= 15 is 0 Å². The molecule has 2 heterocycles. The molecule has 3 rings (SSSR count). The third-order valence-corrected chi connectivity index (χ3v) is 5.54. The summed E-state index contributed by atoms with van der Waals surface area (Å²) in [6.07, 6.45) is 3.79. The van der Waals surface area contributed by atoms with Crippen molar-refractivity contribution in [3.63, 3.8) is 0 Å². The molecule has 1 N–H and O–H groups in total. The van der Waals surface area contributed by atoms with E-state index in [4.69, 9.17) is 0 Å². The fourth-order valence-electron chi connectivity index (χ4n) is 3.32. The number of carbonyl (C=O) groups excluding carboxylic acids is 2. The molecule has 1 aliphatic rings. The van der Waals surface area contributed by atoms with Crippen LogP contribution in [-0.4, -0.2) is 34.3 Å². The lowest BCUT2D eigenvalue weighted by Gasteiger charge is -2.34. The van der Waals surface area contributed by atoms with Gasteiger partial charge in [0.1, 0.15) is 11.9 Å². The molecule has 2 amide bonds. The Labute approximate surface area is 162 Å². The van der Waals surface area contributed by atoms with Gasteiger partial charge in [-0.25, -0.2) is 9.37 Å². The van der Waals surface area contributed by atoms with E-state index in [1.165, 1.54) is 17.4 Å². The molecule has 1 atom stereocenters. The second-order valence-corrected chi connectivity index (χ2v) is 7.70. The van der Waals surface area contributed by atoms with Gasteiger partial charge in [0, 0.05) is 23.9 Å². The summed E-state index contributed by atoms with van der Waals surface area (Å²) in [5, 5.41) is 5.18. The maximum atomic E-state index is 13.4. The molecule has 7 heteroatoms. The van der Waals surface area contributed by atoms with E-state index in [0.29, 0.717) is 35.8 Å². The first-order valence-corrected chi connectivity index (χ1v) is 10.2. The third-order valence-electron chi connectivity index (χ3n) is 4.78. The van der Waals surface area contributed by atoms with Crippen LogP contribution in [0.3, 0.4) is 0 Å². The SMILES string of the molecule is CCCC(=O)N1CCCCC1C(=O)Nc1nc(-c2ccc(F)c(C)c2)cs1. The van der Waals surface area contributed by atoms with Crippen molar-refractivity contribution in [1.82, 2.24) is 9.88 Å². The molecule has 1 fully saturated rings. The van der Waals surface area contributed by atoms with E-state index in [1.807, 2.05) is 12.3 Å². The van der Waals surface area contributed by atoms with Crippen molar-refractivity contribution in [3.8, 4) is 11.3 Å². The van der Waals surface area contributed by atoms with E-state index in [9.17, 15) is 14.0 Å². The molecule has 1 unspecified atom stereocenters. The van der Waals surface area contributed by atoms with E-state index in [0.717, 1.165) is 24.8 Å². The lowest BCUT2D eigenvalue weighted by atomic mass is 10.0. The van der Waals surface area contributed by atoms with Gasteiger partial charge in [-0.2, -0.15) is 0 Å². The zero-order valence-corrected chi connectivity index (χ0v) is 16.4. The molecule has 1 aliphatic heterocycles. The Morgan fingerprint density at radius 1 is 1.37 bits per heavy atom. The number of carbonyl (C=O) groups is 2. The van der Waals surface area contributed by atoms with Crippen LogP contribution in [0, 0.1) is 12.7 Å². The normalized spacial score (nSPS) is 17.0. The summed E-state index contributed by atoms with van der Waals surface area (Å²) in [6.45, 7) is 4.30. The van der Waals surface area contributed by atoms with Gasteiger partial charge >= 0.3 is 0 Å². The van der Waals surface area contributed by atoms with Crippen LogP contribution in [0.4, 0.5) is 9.52 Å². The van der Waals surface area contributed by atoms with Gasteiger partial charge < -0.3 is 10.2 Å². The summed E-state index contributed by atoms with van der Waals surface area (Å²) in [6, 6.07) is 4.40. The number of benzene rings is 1. The molecule has 1 aromatic carbocycles. The number of nitrogens with zero attached hydrogens (tertiary/aromatic N) is 2. The molecule has 0 aliphatic carbocycles. The molecule has 0 radical (unpaired) electrons. The maximum Gasteiger partial charge on any atom is 0.248 e. The molecule has 27 heavy (non-hydrogen) atoms. The van der Waals surface area contributed by atoms with Crippen molar-refractivity contribution >= 4 is 28.3 Å². The minimum atomic E-state index is -0.432. The third kappa shape index (κ3) is 4.53. The van der Waals surface area contributed by atoms with E-state index in [1.54, 1.807) is 24.0 Å². The van der Waals surface area contributed by atoms with Crippen LogP contribution in [0.5, 0.6) is 0 Å². The van der Waals surface area contributed by atoms with Gasteiger partial charge in [-0.1, -0.05) is 6.92 Å². The monoisotopic (exact) mass is 389 g/mol. The average molecular weight is 389 g/mol. The highest BCUT2D eigenvalue weighted by atomic mass is 32.1. The quantitative estimate of drug-likeness (QED) is 0.826. The number of aromatic nitrogens is 1. The smallest absolute Gasteiger partial charge is 0.248 e. The number of piperidine rings is 1. The van der Waals surface area contributed by atoms with Crippen LogP contribution >= 0.6 is 11.3 Å². The number of hydrogen-bond acceptors (Lipinski definition) is 4. The lowest BCUT2D eigenvalue weighted by molar-refractivity contribution is -0.140. The van der Waals surface area contributed by atoms with Gasteiger partial charge in [-0.15, -0.1) is 11.3 Å². The van der Waals surface area contributed by atoms with Gasteiger partial charge in [-0.3, -0.25) is 9.59 Å². The summed E-state index contributed by atoms with van der Waals surface area (Å²) in [5.74, 6) is -0.397. The number of nitrogens with one attached hydrogen (secondary N) is 1. The van der Waals surface area contributed by atoms with Crippen molar-refractivity contribution in [2.45, 2.75) is 52.0 Å². The predicted octanol–water partition coefficient (Wildman–Crippen LogP) is 4.38. The van der Waals surface area contributed by atoms with Crippen LogP contribution < -0.4 is 5.32 Å². The Balaban J connectivity index is 1.71. The van der Waals surface area contributed by atoms with Crippen molar-refractivity contribution < 1.29 is 14.0 Å². The molecule has 0 saturated carbocycles. The molecule has 0 spiro atoms. The fraction of sp³-hybridized carbons (Fsp3) is 0.450. The first-order valence-electron chi connectivity index (χ1n) is 9.32. The summed E-state index contributed by atoms with van der Waals surface area (Å²) in [4.78, 5) is 31.2. The van der Waals surface area contributed by atoms with Gasteiger partial charge in [0.2, 0.25) is 11.8 Å². The molecule has 2 aromatic rings. The Bertz CT molecular complexity index is 836. The van der Waals surface area contributed by atoms with Crippen LogP contribution in [0.1, 0.15) is 44.6 Å². The second-order valence-electron chi connectivity index (χ2n) is 6.84. The highest BCUT2D eigenvalue weighted by Crippen LogP contribution is 2.27. The molecule has 144 valence electrons. The Hall–Kier alpha value is -2.28. The number of halogens is 1. The van der Waals surface area contributed by atoms with Crippen molar-refractivity contribution in [1.29, 1.82) is 0 Å². The molecule has 1 aromatic heterocycles. The summed E-state index contributed by atoms with van der Waals surface area (Å²) >= 11 is 1.33. The van der Waals surface area contributed by atoms with E-state index in [-0.39, 0.29) is 17.6 Å². The number of anilines is 1. The summed E-state index contributed by atoms with van der Waals surface area (Å²) in [7, 11) is 0. The van der Waals surface area contributed by atoms with Gasteiger partial charge in [0.15, 0.2) is 5.13 Å². The minimum Gasteiger partial charge on any atom is -0.331 e. The highest BCUT2D eigenvalue weighted by molar-refractivity contribution is 7.14. The van der Waals surface area contributed by atoms with Crippen LogP contribution in [0.15, 0.2) is 23.6 Å². The van der Waals surface area contributed by atoms with Gasteiger partial charge in [0.25, 0.3) is 0 Å². The van der Waals surface area contributed by atoms with Crippen LogP contribution in [-0.2, 0) is 9.59 Å². The number of aryl methyl sites for hydroxylation is 1. The molecule has 1 saturated heterocycles. The zero-order valence-electron chi connectivity index (χ0n) is 15.6. The van der Waals surface area contributed by atoms with Crippen molar-refractivity contribution in [3.05, 3.63) is 35.0 Å². The molecule has 5 nitrogen and oxygen atoms in total. The molecule has 0 bridgehead atoms. The number of rotatable bonds is 5. The van der Waals surface area contributed by atoms with Gasteiger partial charge in [0.05, 0.1) is 5.69 Å². The van der Waals surface area contributed by atoms with E-state index in [2.05, 4.69) is 10.3 Å². The second kappa shape index (κ2) is 8.61. The zero-order chi connectivity index (χ0) is 19.4. The van der Waals surface area contributed by atoms with Crippen LogP contribution in [0.25, 0.3) is 11.3 Å². The minimum absolute atomic E-state index is 0.0407. The largest absolute Gasteiger partial charge is 0.331 e. The summed E-state index contributed by atoms with van der Waals surface area (Å²) in [5.41, 5.74) is 2.06. The highest BCUT2D eigenvalue weighted by Gasteiger charge is 2.32. The van der Waals surface area contributed by atoms with Crippen molar-refractivity contribution in [2.75, 3.05) is 11.9 Å². The fourth-order valence-corrected chi connectivity index (χ4v) is 4.04. The first kappa shape index (κ1) is 19.5. The Morgan fingerprint density at radius 3 is 2.93 bits per heavy atom. The summed E-state index contributed by atoms with van der Waals surface area (Å²) < 4.78 is 13.4. The number of hydrogen-bond donors (Lipinski definition) is 1. The van der Waals surface area contributed by atoms with Crippen LogP contribution in [0.2, 0.25) is 0 Å². The first-order chi connectivity index (χ1) is 13.0. The number of amides is 2. The molecular formula is C20H24FN3O2S. The number of likely N-dealkylation sites (tertiary alicyclic amines) is 1. The van der Waals surface area contributed by atoms with E-state index < -0.39 is 6.04 Å². The predicted molar refractivity (Wildman–Crippen MR) is 105 cm³/mol.